The molecule has 46 heavy (non-hydrogen) atoms. The first-order valence-electron chi connectivity index (χ1n) is 16.2. The van der Waals surface area contributed by atoms with Crippen LogP contribution < -0.4 is 0 Å². The third kappa shape index (κ3) is 5.85. The SMILES string of the molecule is CO[C@@]1(C)C[C@@H](C)C(=O)[C@H](C)[C@H]2N(CCCCn3cnc(-c4cccnc4)c3)C(=O)O[C@@]23C(C)[C@H]3OC(=O)[C@H](C)C(=O)[C@H](C)[C@H]1O. The zero-order valence-corrected chi connectivity index (χ0v) is 27.7. The number of nitrogens with zero attached hydrogens (tertiary/aromatic N) is 4. The number of aliphatic hydroxyl groups excluding tert-OH is 1. The summed E-state index contributed by atoms with van der Waals surface area (Å²) in [5.41, 5.74) is -0.690. The molecule has 12 nitrogen and oxygen atoms in total. The number of hydrogen-bond acceptors (Lipinski definition) is 10. The van der Waals surface area contributed by atoms with Gasteiger partial charge in [-0.05, 0) is 45.2 Å². The number of ether oxygens (including phenoxy) is 3. The van der Waals surface area contributed by atoms with Crippen molar-refractivity contribution in [1.29, 1.82) is 0 Å². The van der Waals surface area contributed by atoms with Gasteiger partial charge in [0, 0.05) is 68.0 Å². The van der Waals surface area contributed by atoms with Gasteiger partial charge in [0.2, 0.25) is 0 Å². The molecule has 3 fully saturated rings. The van der Waals surface area contributed by atoms with Crippen molar-refractivity contribution in [1.82, 2.24) is 19.4 Å². The van der Waals surface area contributed by atoms with E-state index in [-0.39, 0.29) is 18.1 Å². The molecule has 0 radical (unpaired) electrons. The van der Waals surface area contributed by atoms with Crippen molar-refractivity contribution in [3.63, 3.8) is 0 Å². The van der Waals surface area contributed by atoms with Crippen LogP contribution in [-0.2, 0) is 35.1 Å². The van der Waals surface area contributed by atoms with Crippen LogP contribution in [0.1, 0.15) is 60.8 Å². The highest BCUT2D eigenvalue weighted by atomic mass is 16.6. The molecule has 250 valence electrons. The predicted molar refractivity (Wildman–Crippen MR) is 166 cm³/mol. The van der Waals surface area contributed by atoms with E-state index in [1.807, 2.05) is 29.8 Å². The number of aliphatic hydroxyl groups is 1. The minimum Gasteiger partial charge on any atom is -0.457 e. The van der Waals surface area contributed by atoms with Gasteiger partial charge in [0.25, 0.3) is 0 Å². The topological polar surface area (TPSA) is 150 Å². The van der Waals surface area contributed by atoms with E-state index < -0.39 is 71.0 Å². The largest absolute Gasteiger partial charge is 0.457 e. The molecule has 1 saturated carbocycles. The summed E-state index contributed by atoms with van der Waals surface area (Å²) in [4.78, 5) is 64.3. The summed E-state index contributed by atoms with van der Waals surface area (Å²) in [7, 11) is 1.43. The van der Waals surface area contributed by atoms with Gasteiger partial charge in [0.1, 0.15) is 11.7 Å². The fourth-order valence-electron chi connectivity index (χ4n) is 7.60. The normalized spacial score (nSPS) is 36.8. The second kappa shape index (κ2) is 12.9. The molecule has 2 aromatic rings. The summed E-state index contributed by atoms with van der Waals surface area (Å²) in [5.74, 6) is -5.07. The molecule has 0 aromatic carbocycles. The van der Waals surface area contributed by atoms with Gasteiger partial charge in [-0.15, -0.1) is 0 Å². The fraction of sp³-hybridized carbons (Fsp3) is 0.647. The monoisotopic (exact) mass is 638 g/mol. The Hall–Kier alpha value is -3.64. The number of aromatic nitrogens is 3. The highest BCUT2D eigenvalue weighted by Gasteiger charge is 2.78. The quantitative estimate of drug-likeness (QED) is 0.270. The second-order valence-electron chi connectivity index (χ2n) is 13.6. The summed E-state index contributed by atoms with van der Waals surface area (Å²) < 4.78 is 19.6. The third-order valence-corrected chi connectivity index (χ3v) is 10.6. The van der Waals surface area contributed by atoms with Gasteiger partial charge in [-0.1, -0.05) is 27.7 Å². The molecule has 4 heterocycles. The van der Waals surface area contributed by atoms with Crippen molar-refractivity contribution >= 4 is 23.6 Å². The standard InChI is InChI=1S/C34H46N4O8/c1-19-15-33(6,44-7)29(41)21(3)27(40)22(4)31(42)45-30-23(5)34(30)28(20(2)26(19)39)38(32(43)46-34)14-9-8-13-37-17-25(36-18-37)24-11-10-12-35-16-24/h10-12,16-23,28-30,41H,8-9,13-15H2,1-7H3/t19-,20+,21+,22-,23?,28-,29-,30-,33+,34+/m1/s1. The van der Waals surface area contributed by atoms with Crippen LogP contribution >= 0.6 is 0 Å². The molecule has 1 amide bonds. The zero-order chi connectivity index (χ0) is 33.6. The molecule has 1 spiro atoms. The molecule has 1 aliphatic carbocycles. The van der Waals surface area contributed by atoms with Gasteiger partial charge < -0.3 is 28.8 Å². The lowest BCUT2D eigenvalue weighted by molar-refractivity contribution is -0.162. The Bertz CT molecular complexity index is 1460. The van der Waals surface area contributed by atoms with Crippen LogP contribution in [0, 0.1) is 29.6 Å². The van der Waals surface area contributed by atoms with Gasteiger partial charge in [-0.3, -0.25) is 19.4 Å². The Morgan fingerprint density at radius 3 is 2.43 bits per heavy atom. The molecular weight excluding hydrogens is 592 g/mol. The van der Waals surface area contributed by atoms with Gasteiger partial charge in [-0.2, -0.15) is 0 Å². The van der Waals surface area contributed by atoms with Gasteiger partial charge in [0.05, 0.1) is 29.8 Å². The maximum atomic E-state index is 14.1. The number of aryl methyl sites for hydroxylation is 1. The van der Waals surface area contributed by atoms with Crippen molar-refractivity contribution in [2.75, 3.05) is 13.7 Å². The van der Waals surface area contributed by atoms with Crippen LogP contribution in [0.2, 0.25) is 0 Å². The molecule has 0 bridgehead atoms. The predicted octanol–water partition coefficient (Wildman–Crippen LogP) is 3.70. The highest BCUT2D eigenvalue weighted by molar-refractivity contribution is 6.00. The van der Waals surface area contributed by atoms with Crippen LogP contribution in [0.4, 0.5) is 4.79 Å². The van der Waals surface area contributed by atoms with Crippen molar-refractivity contribution < 1.29 is 38.5 Å². The van der Waals surface area contributed by atoms with Crippen molar-refractivity contribution in [2.45, 2.75) is 96.8 Å². The molecule has 10 atom stereocenters. The van der Waals surface area contributed by atoms with Crippen LogP contribution in [0.25, 0.3) is 11.3 Å². The number of carbonyl (C=O) groups excluding carboxylic acids is 4. The van der Waals surface area contributed by atoms with Gasteiger partial charge >= 0.3 is 12.1 Å². The Kier molecular flexibility index (Phi) is 9.43. The van der Waals surface area contributed by atoms with Crippen molar-refractivity contribution in [3.8, 4) is 11.3 Å². The highest BCUT2D eigenvalue weighted by Crippen LogP contribution is 2.58. The first-order valence-corrected chi connectivity index (χ1v) is 16.2. The van der Waals surface area contributed by atoms with Crippen molar-refractivity contribution in [2.24, 2.45) is 29.6 Å². The Labute approximate surface area is 269 Å². The molecule has 2 aliphatic heterocycles. The number of esters is 1. The summed E-state index contributed by atoms with van der Waals surface area (Å²) >= 11 is 0. The number of unbranched alkanes of at least 4 members (excludes halogenated alkanes) is 1. The third-order valence-electron chi connectivity index (χ3n) is 10.6. The summed E-state index contributed by atoms with van der Waals surface area (Å²) in [6, 6.07) is 3.13. The van der Waals surface area contributed by atoms with E-state index in [2.05, 4.69) is 9.97 Å². The van der Waals surface area contributed by atoms with E-state index in [1.165, 1.54) is 14.0 Å². The van der Waals surface area contributed by atoms with E-state index >= 15 is 0 Å². The lowest BCUT2D eigenvalue weighted by Crippen LogP contribution is -2.52. The van der Waals surface area contributed by atoms with E-state index in [0.29, 0.717) is 19.5 Å². The number of ketones is 2. The second-order valence-corrected chi connectivity index (χ2v) is 13.6. The van der Waals surface area contributed by atoms with Crippen LogP contribution in [0.3, 0.4) is 0 Å². The number of Topliss-reactive ketones (excluding diaryl/α,β-unsaturated/α-hetero) is 2. The van der Waals surface area contributed by atoms with Crippen LogP contribution in [0.5, 0.6) is 0 Å². The molecule has 2 saturated heterocycles. The average molecular weight is 639 g/mol. The first-order chi connectivity index (χ1) is 21.8. The number of amides is 1. The molecule has 12 heteroatoms. The van der Waals surface area contributed by atoms with E-state index in [1.54, 1.807) is 51.3 Å². The molecule has 1 unspecified atom stereocenters. The smallest absolute Gasteiger partial charge is 0.410 e. The number of imidazole rings is 1. The number of carbonyl (C=O) groups is 4. The Balaban J connectivity index is 1.37. The van der Waals surface area contributed by atoms with Gasteiger partial charge in [-0.25, -0.2) is 9.78 Å². The first kappa shape index (κ1) is 33.7. The number of pyridine rings is 1. The average Bonchev–Trinajstić information content (AvgIpc) is 3.36. The zero-order valence-electron chi connectivity index (χ0n) is 27.7. The number of methoxy groups -OCH3 is 1. The van der Waals surface area contributed by atoms with Crippen LogP contribution in [-0.4, -0.2) is 91.3 Å². The van der Waals surface area contributed by atoms with E-state index in [4.69, 9.17) is 14.2 Å². The van der Waals surface area contributed by atoms with E-state index in [9.17, 15) is 24.3 Å². The summed E-state index contributed by atoms with van der Waals surface area (Å²) in [6.07, 6.45) is 6.09. The number of hydrogen-bond donors (Lipinski definition) is 1. The minimum atomic E-state index is -1.27. The molecule has 3 aliphatic rings. The van der Waals surface area contributed by atoms with Crippen LogP contribution in [0.15, 0.2) is 37.1 Å². The minimum absolute atomic E-state index is 0.127. The van der Waals surface area contributed by atoms with E-state index in [0.717, 1.165) is 17.7 Å². The lowest BCUT2D eigenvalue weighted by atomic mass is 9.75. The van der Waals surface area contributed by atoms with Crippen molar-refractivity contribution in [3.05, 3.63) is 37.1 Å². The molecule has 5 rings (SSSR count). The molecular formula is C34H46N4O8. The Morgan fingerprint density at radius 2 is 1.76 bits per heavy atom. The fourth-order valence-corrected chi connectivity index (χ4v) is 7.60. The maximum absolute atomic E-state index is 14.1. The Morgan fingerprint density at radius 1 is 1.04 bits per heavy atom. The number of rotatable bonds is 7. The summed E-state index contributed by atoms with van der Waals surface area (Å²) in [5, 5.41) is 11.3. The molecule has 1 N–H and O–H groups in total. The van der Waals surface area contributed by atoms with Gasteiger partial charge in [0.15, 0.2) is 17.5 Å². The maximum Gasteiger partial charge on any atom is 0.410 e. The summed E-state index contributed by atoms with van der Waals surface area (Å²) in [6.45, 7) is 11.1. The lowest BCUT2D eigenvalue weighted by Gasteiger charge is -2.39. The molecule has 2 aromatic heterocycles.